The van der Waals surface area contributed by atoms with Gasteiger partial charge in [0.25, 0.3) is 0 Å². The van der Waals surface area contributed by atoms with Gasteiger partial charge in [-0.1, -0.05) is 42.5 Å². The number of allylic oxidation sites excluding steroid dienone is 3. The van der Waals surface area contributed by atoms with E-state index in [1.807, 2.05) is 0 Å². The second-order valence-corrected chi connectivity index (χ2v) is 5.55. The second-order valence-electron chi connectivity index (χ2n) is 5.55. The van der Waals surface area contributed by atoms with Crippen molar-refractivity contribution < 1.29 is 41.4 Å². The van der Waals surface area contributed by atoms with E-state index in [0.29, 0.717) is 0 Å². The SMILES string of the molecule is C/C=C\C=C(c1cccc(C(F)(F)F)c1)c1cccc(C(F)(F)F)c1.O=C(O)O. The molecule has 0 fully saturated rings. The average Bonchev–Trinajstić information content (AvgIpc) is 2.61. The summed E-state index contributed by atoms with van der Waals surface area (Å²) in [6, 6.07) is 9.03. The fourth-order valence-electron chi connectivity index (χ4n) is 2.28. The molecule has 0 heterocycles. The third-order valence-electron chi connectivity index (χ3n) is 3.46. The van der Waals surface area contributed by atoms with Crippen LogP contribution in [0.3, 0.4) is 0 Å². The molecule has 0 unspecified atom stereocenters. The first-order valence-electron chi connectivity index (χ1n) is 7.96. The van der Waals surface area contributed by atoms with E-state index in [9.17, 15) is 26.3 Å². The van der Waals surface area contributed by atoms with E-state index in [1.165, 1.54) is 30.3 Å². The van der Waals surface area contributed by atoms with E-state index >= 15 is 0 Å². The standard InChI is InChI=1S/C19H14F6.CH2O3/c1-2-3-10-17(13-6-4-8-15(11-13)18(20,21)22)14-7-5-9-16(12-14)19(23,24)25;2-1(3)4/h2-12H,1H3;(H2,2,3,4)/b3-2-;. The average molecular weight is 418 g/mol. The van der Waals surface area contributed by atoms with Gasteiger partial charge in [0, 0.05) is 0 Å². The Kier molecular flexibility index (Phi) is 8.05. The molecule has 2 aromatic carbocycles. The Morgan fingerprint density at radius 2 is 1.21 bits per heavy atom. The number of carbonyl (C=O) groups is 1. The smallest absolute Gasteiger partial charge is 0.450 e. The summed E-state index contributed by atoms with van der Waals surface area (Å²) in [6.07, 6.45) is -6.20. The molecule has 0 aliphatic carbocycles. The van der Waals surface area contributed by atoms with Gasteiger partial charge in [0.15, 0.2) is 0 Å². The molecular weight excluding hydrogens is 402 g/mol. The highest BCUT2D eigenvalue weighted by atomic mass is 19.4. The fraction of sp³-hybridized carbons (Fsp3) is 0.150. The number of hydrogen-bond donors (Lipinski definition) is 2. The van der Waals surface area contributed by atoms with Crippen LogP contribution < -0.4 is 0 Å². The van der Waals surface area contributed by atoms with Crippen molar-refractivity contribution in [2.75, 3.05) is 0 Å². The van der Waals surface area contributed by atoms with Gasteiger partial charge in [0.05, 0.1) is 11.1 Å². The van der Waals surface area contributed by atoms with Crippen LogP contribution in [-0.2, 0) is 12.4 Å². The van der Waals surface area contributed by atoms with Gasteiger partial charge in [-0.25, -0.2) is 4.79 Å². The summed E-state index contributed by atoms with van der Waals surface area (Å²) < 4.78 is 77.5. The highest BCUT2D eigenvalue weighted by Gasteiger charge is 2.32. The van der Waals surface area contributed by atoms with Crippen molar-refractivity contribution in [3.63, 3.8) is 0 Å². The van der Waals surface area contributed by atoms with Gasteiger partial charge in [0.2, 0.25) is 0 Å². The van der Waals surface area contributed by atoms with Crippen molar-refractivity contribution in [3.05, 3.63) is 89.0 Å². The highest BCUT2D eigenvalue weighted by Crippen LogP contribution is 2.35. The van der Waals surface area contributed by atoms with E-state index in [-0.39, 0.29) is 16.7 Å². The van der Waals surface area contributed by atoms with Crippen LogP contribution in [0.25, 0.3) is 5.57 Å². The number of rotatable bonds is 3. The van der Waals surface area contributed by atoms with Crippen molar-refractivity contribution in [1.82, 2.24) is 0 Å². The summed E-state index contributed by atoms with van der Waals surface area (Å²) in [5.41, 5.74) is -1.07. The van der Waals surface area contributed by atoms with Crippen LogP contribution in [0.4, 0.5) is 31.1 Å². The zero-order valence-corrected chi connectivity index (χ0v) is 14.9. The van der Waals surface area contributed by atoms with Gasteiger partial charge in [-0.15, -0.1) is 0 Å². The maximum atomic E-state index is 12.9. The zero-order chi connectivity index (χ0) is 22.2. The molecule has 2 aromatic rings. The third-order valence-corrected chi connectivity index (χ3v) is 3.46. The van der Waals surface area contributed by atoms with Crippen LogP contribution in [0, 0.1) is 0 Å². The van der Waals surface area contributed by atoms with Crippen LogP contribution in [0.15, 0.2) is 66.8 Å². The van der Waals surface area contributed by atoms with Gasteiger partial charge < -0.3 is 10.2 Å². The Morgan fingerprint density at radius 1 is 0.828 bits per heavy atom. The molecule has 0 saturated heterocycles. The lowest BCUT2D eigenvalue weighted by atomic mass is 9.94. The lowest BCUT2D eigenvalue weighted by Crippen LogP contribution is -2.06. The van der Waals surface area contributed by atoms with Gasteiger partial charge >= 0.3 is 18.5 Å². The lowest BCUT2D eigenvalue weighted by Gasteiger charge is -2.14. The topological polar surface area (TPSA) is 57.5 Å². The molecule has 0 amide bonds. The van der Waals surface area contributed by atoms with E-state index in [0.717, 1.165) is 24.3 Å². The van der Waals surface area contributed by atoms with Gasteiger partial charge in [-0.3, -0.25) is 0 Å². The molecule has 29 heavy (non-hydrogen) atoms. The van der Waals surface area contributed by atoms with Gasteiger partial charge in [-0.05, 0) is 47.9 Å². The molecule has 0 saturated carbocycles. The highest BCUT2D eigenvalue weighted by molar-refractivity contribution is 5.81. The van der Waals surface area contributed by atoms with E-state index in [2.05, 4.69) is 0 Å². The van der Waals surface area contributed by atoms with Crippen molar-refractivity contribution in [2.45, 2.75) is 19.3 Å². The van der Waals surface area contributed by atoms with E-state index in [4.69, 9.17) is 15.0 Å². The largest absolute Gasteiger partial charge is 0.503 e. The van der Waals surface area contributed by atoms with Gasteiger partial charge in [0.1, 0.15) is 0 Å². The third kappa shape index (κ3) is 7.73. The predicted octanol–water partition coefficient (Wildman–Crippen LogP) is 6.95. The number of alkyl halides is 6. The molecule has 0 bridgehead atoms. The first-order chi connectivity index (χ1) is 13.4. The molecule has 0 atom stereocenters. The monoisotopic (exact) mass is 418 g/mol. The molecule has 2 N–H and O–H groups in total. The molecule has 0 aliphatic rings. The van der Waals surface area contributed by atoms with Crippen LogP contribution >= 0.6 is 0 Å². The number of hydrogen-bond acceptors (Lipinski definition) is 1. The van der Waals surface area contributed by atoms with Crippen molar-refractivity contribution >= 4 is 11.7 Å². The van der Waals surface area contributed by atoms with E-state index < -0.39 is 29.6 Å². The Labute approximate surface area is 162 Å². The Hall–Kier alpha value is -3.23. The van der Waals surface area contributed by atoms with Crippen LogP contribution in [-0.4, -0.2) is 16.4 Å². The second kappa shape index (κ2) is 9.81. The van der Waals surface area contributed by atoms with Crippen LogP contribution in [0.1, 0.15) is 29.2 Å². The summed E-state index contributed by atoms with van der Waals surface area (Å²) in [5, 5.41) is 13.9. The number of carboxylic acid groups (broad SMARTS) is 2. The van der Waals surface area contributed by atoms with E-state index in [1.54, 1.807) is 19.1 Å². The minimum atomic E-state index is -4.53. The predicted molar refractivity (Wildman–Crippen MR) is 95.4 cm³/mol. The minimum absolute atomic E-state index is 0.187. The first-order valence-corrected chi connectivity index (χ1v) is 7.96. The molecule has 0 aliphatic heterocycles. The summed E-state index contributed by atoms with van der Waals surface area (Å²) in [6.45, 7) is 1.70. The summed E-state index contributed by atoms with van der Waals surface area (Å²) in [7, 11) is 0. The minimum Gasteiger partial charge on any atom is -0.450 e. The summed E-state index contributed by atoms with van der Waals surface area (Å²) >= 11 is 0. The Balaban J connectivity index is 0.000000960. The molecule has 0 radical (unpaired) electrons. The maximum absolute atomic E-state index is 12.9. The molecule has 0 aromatic heterocycles. The fourth-order valence-corrected chi connectivity index (χ4v) is 2.28. The number of halogens is 6. The molecule has 156 valence electrons. The Morgan fingerprint density at radius 3 is 1.52 bits per heavy atom. The summed E-state index contributed by atoms with van der Waals surface area (Å²) in [4.78, 5) is 8.56. The number of benzene rings is 2. The van der Waals surface area contributed by atoms with Crippen molar-refractivity contribution in [1.29, 1.82) is 0 Å². The summed E-state index contributed by atoms with van der Waals surface area (Å²) in [5.74, 6) is 0. The maximum Gasteiger partial charge on any atom is 0.503 e. The lowest BCUT2D eigenvalue weighted by molar-refractivity contribution is -0.138. The molecule has 2 rings (SSSR count). The molecule has 0 spiro atoms. The van der Waals surface area contributed by atoms with Crippen LogP contribution in [0.5, 0.6) is 0 Å². The van der Waals surface area contributed by atoms with Crippen molar-refractivity contribution in [3.8, 4) is 0 Å². The quantitative estimate of drug-likeness (QED) is 0.419. The molecular formula is C20H16F6O3. The first kappa shape index (κ1) is 23.8. The zero-order valence-electron chi connectivity index (χ0n) is 14.9. The van der Waals surface area contributed by atoms with Crippen LogP contribution in [0.2, 0.25) is 0 Å². The Bertz CT molecular complexity index is 832. The van der Waals surface area contributed by atoms with Gasteiger partial charge in [-0.2, -0.15) is 26.3 Å². The molecule has 3 nitrogen and oxygen atoms in total. The molecule has 9 heteroatoms. The normalized spacial score (nSPS) is 11.6. The van der Waals surface area contributed by atoms with Crippen molar-refractivity contribution in [2.24, 2.45) is 0 Å².